The van der Waals surface area contributed by atoms with Crippen LogP contribution in [-0.2, 0) is 4.74 Å². The zero-order valence-electron chi connectivity index (χ0n) is 15.5. The van der Waals surface area contributed by atoms with E-state index in [0.29, 0.717) is 11.5 Å². The number of imidazole rings is 1. The molecule has 0 radical (unpaired) electrons. The topological polar surface area (TPSA) is 73.2 Å². The van der Waals surface area contributed by atoms with E-state index in [1.807, 2.05) is 28.9 Å². The highest BCUT2D eigenvalue weighted by Crippen LogP contribution is 2.33. The first-order chi connectivity index (χ1) is 13.3. The molecule has 1 N–H and O–H groups in total. The number of hydrogen-bond acceptors (Lipinski definition) is 8. The SMILES string of the molecule is COc1ccc(-c2cnc3sc(NCCN4CCOCC4)nn23)cc1OC. The molecule has 2 aromatic heterocycles. The molecule has 0 amide bonds. The van der Waals surface area contributed by atoms with Crippen LogP contribution in [0.15, 0.2) is 24.4 Å². The monoisotopic (exact) mass is 389 g/mol. The van der Waals surface area contributed by atoms with Gasteiger partial charge < -0.3 is 19.5 Å². The van der Waals surface area contributed by atoms with Crippen molar-refractivity contribution in [3.63, 3.8) is 0 Å². The fourth-order valence-electron chi connectivity index (χ4n) is 3.10. The third-order valence-corrected chi connectivity index (χ3v) is 5.45. The van der Waals surface area contributed by atoms with Gasteiger partial charge >= 0.3 is 0 Å². The lowest BCUT2D eigenvalue weighted by Crippen LogP contribution is -2.39. The summed E-state index contributed by atoms with van der Waals surface area (Å²) in [5.74, 6) is 1.38. The Labute approximate surface area is 161 Å². The van der Waals surface area contributed by atoms with Crippen molar-refractivity contribution in [3.8, 4) is 22.8 Å². The van der Waals surface area contributed by atoms with Crippen LogP contribution in [-0.4, -0.2) is 73.1 Å². The van der Waals surface area contributed by atoms with Crippen LogP contribution in [0.4, 0.5) is 5.13 Å². The molecule has 1 saturated heterocycles. The van der Waals surface area contributed by atoms with Gasteiger partial charge in [0, 0.05) is 31.7 Å². The summed E-state index contributed by atoms with van der Waals surface area (Å²) in [4.78, 5) is 7.74. The van der Waals surface area contributed by atoms with Crippen LogP contribution in [0.2, 0.25) is 0 Å². The number of aromatic nitrogens is 3. The molecule has 3 heterocycles. The average Bonchev–Trinajstić information content (AvgIpc) is 3.28. The van der Waals surface area contributed by atoms with E-state index in [2.05, 4.69) is 20.3 Å². The molecule has 0 bridgehead atoms. The van der Waals surface area contributed by atoms with Gasteiger partial charge in [-0.05, 0) is 18.2 Å². The maximum atomic E-state index is 5.40. The van der Waals surface area contributed by atoms with Gasteiger partial charge in [0.1, 0.15) is 0 Å². The van der Waals surface area contributed by atoms with Gasteiger partial charge in [0.2, 0.25) is 10.1 Å². The van der Waals surface area contributed by atoms with Gasteiger partial charge in [-0.1, -0.05) is 11.3 Å². The second-order valence-corrected chi connectivity index (χ2v) is 7.15. The van der Waals surface area contributed by atoms with Crippen molar-refractivity contribution in [1.82, 2.24) is 19.5 Å². The summed E-state index contributed by atoms with van der Waals surface area (Å²) in [5.41, 5.74) is 1.90. The van der Waals surface area contributed by atoms with Crippen LogP contribution >= 0.6 is 11.3 Å². The zero-order chi connectivity index (χ0) is 18.6. The number of morpholine rings is 1. The van der Waals surface area contributed by atoms with E-state index in [4.69, 9.17) is 14.2 Å². The number of nitrogens with one attached hydrogen (secondary N) is 1. The molecule has 8 nitrogen and oxygen atoms in total. The summed E-state index contributed by atoms with van der Waals surface area (Å²) < 4.78 is 18.0. The van der Waals surface area contributed by atoms with Gasteiger partial charge in [0.15, 0.2) is 11.5 Å². The first-order valence-corrected chi connectivity index (χ1v) is 9.71. The van der Waals surface area contributed by atoms with E-state index < -0.39 is 0 Å². The highest BCUT2D eigenvalue weighted by molar-refractivity contribution is 7.20. The average molecular weight is 389 g/mol. The van der Waals surface area contributed by atoms with Gasteiger partial charge in [-0.25, -0.2) is 9.50 Å². The molecule has 3 aromatic rings. The smallest absolute Gasteiger partial charge is 0.214 e. The van der Waals surface area contributed by atoms with E-state index >= 15 is 0 Å². The number of methoxy groups -OCH3 is 2. The van der Waals surface area contributed by atoms with Gasteiger partial charge in [0.05, 0.1) is 39.3 Å². The Morgan fingerprint density at radius 1 is 1.19 bits per heavy atom. The minimum Gasteiger partial charge on any atom is -0.493 e. The molecule has 1 aromatic carbocycles. The molecular formula is C18H23N5O3S. The van der Waals surface area contributed by atoms with Crippen molar-refractivity contribution in [2.24, 2.45) is 0 Å². The predicted octanol–water partition coefficient (Wildman–Crippen LogP) is 2.22. The Hall–Kier alpha value is -2.36. The predicted molar refractivity (Wildman–Crippen MR) is 105 cm³/mol. The van der Waals surface area contributed by atoms with E-state index in [1.165, 1.54) is 0 Å². The van der Waals surface area contributed by atoms with Crippen LogP contribution in [0, 0.1) is 0 Å². The summed E-state index contributed by atoms with van der Waals surface area (Å²) in [7, 11) is 3.26. The second kappa shape index (κ2) is 8.12. The number of anilines is 1. The van der Waals surface area contributed by atoms with Crippen LogP contribution in [0.5, 0.6) is 11.5 Å². The fourth-order valence-corrected chi connectivity index (χ4v) is 3.90. The molecular weight excluding hydrogens is 366 g/mol. The summed E-state index contributed by atoms with van der Waals surface area (Å²) in [6.45, 7) is 5.45. The normalized spacial score (nSPS) is 15.2. The minimum atomic E-state index is 0.684. The molecule has 144 valence electrons. The quantitative estimate of drug-likeness (QED) is 0.664. The molecule has 27 heavy (non-hydrogen) atoms. The number of rotatable bonds is 7. The largest absolute Gasteiger partial charge is 0.493 e. The molecule has 0 saturated carbocycles. The first-order valence-electron chi connectivity index (χ1n) is 8.89. The molecule has 9 heteroatoms. The number of benzene rings is 1. The minimum absolute atomic E-state index is 0.684. The van der Waals surface area contributed by atoms with Crippen molar-refractivity contribution in [2.75, 3.05) is 58.9 Å². The van der Waals surface area contributed by atoms with E-state index in [1.54, 1.807) is 25.6 Å². The Morgan fingerprint density at radius 3 is 2.78 bits per heavy atom. The van der Waals surface area contributed by atoms with Crippen LogP contribution in [0.3, 0.4) is 0 Å². The summed E-state index contributed by atoms with van der Waals surface area (Å²) >= 11 is 1.55. The molecule has 4 rings (SSSR count). The zero-order valence-corrected chi connectivity index (χ0v) is 16.3. The molecule has 1 fully saturated rings. The summed E-state index contributed by atoms with van der Waals surface area (Å²) in [6, 6.07) is 5.81. The maximum absolute atomic E-state index is 5.40. The van der Waals surface area contributed by atoms with E-state index in [-0.39, 0.29) is 0 Å². The standard InChI is InChI=1S/C18H23N5O3S/c1-24-15-4-3-13(11-16(15)25-2)14-12-20-18-23(14)21-17(27-18)19-5-6-22-7-9-26-10-8-22/h3-4,11-12H,5-10H2,1-2H3,(H,19,21). The Balaban J connectivity index is 1.48. The lowest BCUT2D eigenvalue weighted by Gasteiger charge is -2.26. The Morgan fingerprint density at radius 2 is 2.00 bits per heavy atom. The Kier molecular flexibility index (Phi) is 5.42. The van der Waals surface area contributed by atoms with Crippen molar-refractivity contribution < 1.29 is 14.2 Å². The third-order valence-electron chi connectivity index (χ3n) is 4.57. The van der Waals surface area contributed by atoms with Crippen LogP contribution in [0.1, 0.15) is 0 Å². The van der Waals surface area contributed by atoms with Gasteiger partial charge in [-0.15, -0.1) is 5.10 Å². The molecule has 0 aliphatic carbocycles. The number of hydrogen-bond donors (Lipinski definition) is 1. The number of fused-ring (bicyclic) bond motifs is 1. The van der Waals surface area contributed by atoms with Gasteiger partial charge in [-0.3, -0.25) is 4.90 Å². The molecule has 1 aliphatic heterocycles. The first kappa shape index (κ1) is 18.0. The second-order valence-electron chi connectivity index (χ2n) is 6.20. The van der Waals surface area contributed by atoms with E-state index in [0.717, 1.165) is 60.7 Å². The third kappa shape index (κ3) is 3.85. The Bertz CT molecular complexity index is 904. The van der Waals surface area contributed by atoms with Crippen molar-refractivity contribution in [2.45, 2.75) is 0 Å². The highest BCUT2D eigenvalue weighted by atomic mass is 32.1. The van der Waals surface area contributed by atoms with Crippen LogP contribution in [0.25, 0.3) is 16.2 Å². The van der Waals surface area contributed by atoms with E-state index in [9.17, 15) is 0 Å². The van der Waals surface area contributed by atoms with Crippen LogP contribution < -0.4 is 14.8 Å². The molecule has 0 spiro atoms. The molecule has 0 atom stereocenters. The molecule has 1 aliphatic rings. The molecule has 0 unspecified atom stereocenters. The van der Waals surface area contributed by atoms with Gasteiger partial charge in [0.25, 0.3) is 0 Å². The van der Waals surface area contributed by atoms with Crippen molar-refractivity contribution in [1.29, 1.82) is 0 Å². The lowest BCUT2D eigenvalue weighted by atomic mass is 10.1. The summed E-state index contributed by atoms with van der Waals surface area (Å²) in [5, 5.41) is 8.95. The van der Waals surface area contributed by atoms with Crippen molar-refractivity contribution in [3.05, 3.63) is 24.4 Å². The number of nitrogens with zero attached hydrogens (tertiary/aromatic N) is 4. The van der Waals surface area contributed by atoms with Gasteiger partial charge in [-0.2, -0.15) is 0 Å². The summed E-state index contributed by atoms with van der Waals surface area (Å²) in [6.07, 6.45) is 1.83. The fraction of sp³-hybridized carbons (Fsp3) is 0.444. The number of ether oxygens (including phenoxy) is 3. The maximum Gasteiger partial charge on any atom is 0.214 e. The highest BCUT2D eigenvalue weighted by Gasteiger charge is 2.14. The lowest BCUT2D eigenvalue weighted by molar-refractivity contribution is 0.0398. The van der Waals surface area contributed by atoms with Crippen molar-refractivity contribution >= 4 is 21.4 Å².